The van der Waals surface area contributed by atoms with Crippen molar-refractivity contribution in [3.63, 3.8) is 0 Å². The average Bonchev–Trinajstić information content (AvgIpc) is 2.95. The molecule has 0 saturated carbocycles. The lowest BCUT2D eigenvalue weighted by Crippen LogP contribution is -2.14. The van der Waals surface area contributed by atoms with Gasteiger partial charge in [-0.3, -0.25) is 0 Å². The highest BCUT2D eigenvalue weighted by Gasteiger charge is 2.31. The lowest BCUT2D eigenvalue weighted by Gasteiger charge is -2.10. The van der Waals surface area contributed by atoms with Crippen LogP contribution in [0, 0.1) is 5.82 Å². The number of nitrogens with two attached hydrogens (primary N) is 1. The van der Waals surface area contributed by atoms with Crippen LogP contribution in [-0.4, -0.2) is 29.7 Å². The Morgan fingerprint density at radius 3 is 2.81 bits per heavy atom. The summed E-state index contributed by atoms with van der Waals surface area (Å²) in [6.45, 7) is 0. The van der Waals surface area contributed by atoms with Crippen molar-refractivity contribution >= 4 is 31.6 Å². The van der Waals surface area contributed by atoms with Crippen LogP contribution >= 0.6 is 15.9 Å². The van der Waals surface area contributed by atoms with E-state index in [0.717, 1.165) is 4.47 Å². The van der Waals surface area contributed by atoms with Crippen molar-refractivity contribution < 1.29 is 12.8 Å². The highest BCUT2D eigenvalue weighted by Crippen LogP contribution is 2.31. The monoisotopic (exact) mass is 373 g/mol. The van der Waals surface area contributed by atoms with E-state index in [2.05, 4.69) is 21.0 Å². The Morgan fingerprint density at radius 1 is 1.38 bits per heavy atom. The fraction of sp³-hybridized carbons (Fsp3) is 0.308. The summed E-state index contributed by atoms with van der Waals surface area (Å²) in [6.07, 6.45) is 0.481. The quantitative estimate of drug-likeness (QED) is 0.876. The van der Waals surface area contributed by atoms with Gasteiger partial charge in [-0.05, 0) is 24.6 Å². The largest absolute Gasteiger partial charge is 0.384 e. The van der Waals surface area contributed by atoms with Crippen LogP contribution in [0.3, 0.4) is 0 Å². The van der Waals surface area contributed by atoms with Gasteiger partial charge in [0.25, 0.3) is 0 Å². The minimum atomic E-state index is -3.03. The zero-order chi connectivity index (χ0) is 15.2. The number of hydrogen-bond donors (Lipinski definition) is 1. The van der Waals surface area contributed by atoms with Gasteiger partial charge in [0, 0.05) is 16.1 Å². The Balaban J connectivity index is 2.00. The van der Waals surface area contributed by atoms with E-state index >= 15 is 0 Å². The SMILES string of the molecule is Nc1cc(-c2cc(Br)ccc2F)nn1C1CCS(=O)(=O)C1. The molecule has 21 heavy (non-hydrogen) atoms. The topological polar surface area (TPSA) is 78.0 Å². The third-order valence-electron chi connectivity index (χ3n) is 3.52. The number of nitrogens with zero attached hydrogens (tertiary/aromatic N) is 2. The molecule has 1 unspecified atom stereocenters. The summed E-state index contributed by atoms with van der Waals surface area (Å²) in [4.78, 5) is 0. The first kappa shape index (κ1) is 14.5. The van der Waals surface area contributed by atoms with Gasteiger partial charge in [-0.15, -0.1) is 0 Å². The van der Waals surface area contributed by atoms with Gasteiger partial charge in [0.15, 0.2) is 9.84 Å². The maximum atomic E-state index is 13.9. The molecule has 0 radical (unpaired) electrons. The van der Waals surface area contributed by atoms with Crippen molar-refractivity contribution in [2.45, 2.75) is 12.5 Å². The van der Waals surface area contributed by atoms with Crippen LogP contribution in [-0.2, 0) is 9.84 Å². The van der Waals surface area contributed by atoms with Crippen molar-refractivity contribution in [3.8, 4) is 11.3 Å². The zero-order valence-electron chi connectivity index (χ0n) is 11.0. The van der Waals surface area contributed by atoms with Crippen molar-refractivity contribution in [1.82, 2.24) is 9.78 Å². The number of anilines is 1. The molecule has 0 amide bonds. The van der Waals surface area contributed by atoms with Gasteiger partial charge in [-0.1, -0.05) is 15.9 Å². The fourth-order valence-corrected chi connectivity index (χ4v) is 4.55. The molecule has 2 aromatic rings. The van der Waals surface area contributed by atoms with Gasteiger partial charge < -0.3 is 5.73 Å². The second-order valence-corrected chi connectivity index (χ2v) is 8.22. The van der Waals surface area contributed by atoms with E-state index in [9.17, 15) is 12.8 Å². The highest BCUT2D eigenvalue weighted by atomic mass is 79.9. The van der Waals surface area contributed by atoms with Gasteiger partial charge in [-0.2, -0.15) is 5.10 Å². The summed E-state index contributed by atoms with van der Waals surface area (Å²) < 4.78 is 39.2. The molecule has 1 atom stereocenters. The van der Waals surface area contributed by atoms with Gasteiger partial charge in [0.05, 0.1) is 23.2 Å². The molecule has 1 fully saturated rings. The van der Waals surface area contributed by atoms with Gasteiger partial charge in [0.2, 0.25) is 0 Å². The summed E-state index contributed by atoms with van der Waals surface area (Å²) >= 11 is 3.29. The van der Waals surface area contributed by atoms with Crippen LogP contribution in [0.15, 0.2) is 28.7 Å². The molecule has 1 saturated heterocycles. The lowest BCUT2D eigenvalue weighted by molar-refractivity contribution is 0.507. The van der Waals surface area contributed by atoms with E-state index in [0.29, 0.717) is 23.5 Å². The molecule has 1 aliphatic heterocycles. The molecule has 0 spiro atoms. The molecule has 0 aliphatic carbocycles. The summed E-state index contributed by atoms with van der Waals surface area (Å²) in [5.41, 5.74) is 6.63. The second kappa shape index (κ2) is 5.10. The molecule has 2 heterocycles. The lowest BCUT2D eigenvalue weighted by atomic mass is 10.1. The number of halogens is 2. The first-order valence-electron chi connectivity index (χ1n) is 6.36. The molecule has 1 aliphatic rings. The molecule has 1 aromatic carbocycles. The van der Waals surface area contributed by atoms with Crippen molar-refractivity contribution in [1.29, 1.82) is 0 Å². The maximum Gasteiger partial charge on any atom is 0.152 e. The van der Waals surface area contributed by atoms with Crippen LogP contribution < -0.4 is 5.73 Å². The third-order valence-corrected chi connectivity index (χ3v) is 5.77. The minimum Gasteiger partial charge on any atom is -0.384 e. The zero-order valence-corrected chi connectivity index (χ0v) is 13.4. The number of rotatable bonds is 2. The number of hydrogen-bond acceptors (Lipinski definition) is 4. The average molecular weight is 374 g/mol. The van der Waals surface area contributed by atoms with E-state index < -0.39 is 15.7 Å². The summed E-state index contributed by atoms with van der Waals surface area (Å²) in [6, 6.07) is 5.85. The third kappa shape index (κ3) is 2.82. The van der Waals surface area contributed by atoms with Gasteiger partial charge in [-0.25, -0.2) is 17.5 Å². The molecule has 0 bridgehead atoms. The number of nitrogen functional groups attached to an aromatic ring is 1. The van der Waals surface area contributed by atoms with Gasteiger partial charge >= 0.3 is 0 Å². The van der Waals surface area contributed by atoms with E-state index in [-0.39, 0.29) is 17.5 Å². The first-order valence-corrected chi connectivity index (χ1v) is 8.98. The first-order chi connectivity index (χ1) is 9.85. The Hall–Kier alpha value is -1.41. The molecule has 8 heteroatoms. The second-order valence-electron chi connectivity index (χ2n) is 5.08. The predicted octanol–water partition coefficient (Wildman–Crippen LogP) is 2.39. The van der Waals surface area contributed by atoms with Crippen LogP contribution in [0.25, 0.3) is 11.3 Å². The van der Waals surface area contributed by atoms with Gasteiger partial charge in [0.1, 0.15) is 11.6 Å². The number of aromatic nitrogens is 2. The van der Waals surface area contributed by atoms with Crippen molar-refractivity contribution in [2.75, 3.05) is 17.2 Å². The van der Waals surface area contributed by atoms with E-state index in [4.69, 9.17) is 5.73 Å². The van der Waals surface area contributed by atoms with Crippen LogP contribution in [0.5, 0.6) is 0 Å². The molecule has 1 aromatic heterocycles. The van der Waals surface area contributed by atoms with Crippen molar-refractivity contribution in [2.24, 2.45) is 0 Å². The van der Waals surface area contributed by atoms with Crippen LogP contribution in [0.4, 0.5) is 10.2 Å². The van der Waals surface area contributed by atoms with E-state index in [1.54, 1.807) is 18.2 Å². The minimum absolute atomic E-state index is 0.0271. The van der Waals surface area contributed by atoms with Crippen molar-refractivity contribution in [3.05, 3.63) is 34.6 Å². The Morgan fingerprint density at radius 2 is 2.14 bits per heavy atom. The maximum absolute atomic E-state index is 13.9. The van der Waals surface area contributed by atoms with Crippen LogP contribution in [0.1, 0.15) is 12.5 Å². The number of benzene rings is 1. The molecular weight excluding hydrogens is 361 g/mol. The Labute approximate surface area is 130 Å². The number of sulfone groups is 1. The summed E-state index contributed by atoms with van der Waals surface area (Å²) in [5, 5.41) is 4.30. The van der Waals surface area contributed by atoms with E-state index in [1.165, 1.54) is 10.7 Å². The Kier molecular flexibility index (Phi) is 3.53. The Bertz CT molecular complexity index is 804. The molecular formula is C13H13BrFN3O2S. The molecule has 112 valence electrons. The van der Waals surface area contributed by atoms with E-state index in [1.807, 2.05) is 0 Å². The standard InChI is InChI=1S/C13H13BrFN3O2S/c14-8-1-2-11(15)10(5-8)12-6-13(16)18(17-12)9-3-4-21(19,20)7-9/h1-2,5-6,9H,3-4,7,16H2. The fourth-order valence-electron chi connectivity index (χ4n) is 2.50. The smallest absolute Gasteiger partial charge is 0.152 e. The molecule has 2 N–H and O–H groups in total. The molecule has 3 rings (SSSR count). The summed E-state index contributed by atoms with van der Waals surface area (Å²) in [5.74, 6) is 0.102. The summed E-state index contributed by atoms with van der Waals surface area (Å²) in [7, 11) is -3.03. The van der Waals surface area contributed by atoms with Crippen LogP contribution in [0.2, 0.25) is 0 Å². The molecule has 5 nitrogen and oxygen atoms in total. The predicted molar refractivity (Wildman–Crippen MR) is 82.0 cm³/mol. The highest BCUT2D eigenvalue weighted by molar-refractivity contribution is 9.10. The normalized spacial score (nSPS) is 20.8.